The lowest BCUT2D eigenvalue weighted by molar-refractivity contribution is -0.384. The van der Waals surface area contributed by atoms with E-state index < -0.39 is 22.6 Å². The predicted molar refractivity (Wildman–Crippen MR) is 101 cm³/mol. The van der Waals surface area contributed by atoms with Gasteiger partial charge in [-0.1, -0.05) is 11.6 Å². The minimum Gasteiger partial charge on any atom is -0.378 e. The van der Waals surface area contributed by atoms with Gasteiger partial charge in [0.15, 0.2) is 0 Å². The van der Waals surface area contributed by atoms with Crippen molar-refractivity contribution in [1.29, 1.82) is 0 Å². The largest absolute Gasteiger partial charge is 0.418 e. The molecule has 0 spiro atoms. The number of nitrogens with one attached hydrogen (secondary N) is 1. The maximum absolute atomic E-state index is 13.6. The maximum Gasteiger partial charge on any atom is 0.418 e. The minimum atomic E-state index is -4.64. The van der Waals surface area contributed by atoms with Crippen LogP contribution in [0.4, 0.5) is 30.2 Å². The molecule has 154 valence electrons. The van der Waals surface area contributed by atoms with Crippen LogP contribution in [0, 0.1) is 10.1 Å². The molecule has 0 saturated carbocycles. The molecule has 2 aromatic carbocycles. The Labute approximate surface area is 168 Å². The van der Waals surface area contributed by atoms with Crippen molar-refractivity contribution in [2.45, 2.75) is 6.18 Å². The van der Waals surface area contributed by atoms with Gasteiger partial charge in [0.05, 0.1) is 34.3 Å². The first-order valence-corrected chi connectivity index (χ1v) is 8.84. The number of halogens is 4. The highest BCUT2D eigenvalue weighted by Gasteiger charge is 2.35. The van der Waals surface area contributed by atoms with Crippen LogP contribution in [0.5, 0.6) is 0 Å². The Bertz CT molecular complexity index is 946. The topological polar surface area (TPSA) is 84.7 Å². The number of benzene rings is 2. The number of carbonyl (C=O) groups excluding carboxylic acids is 1. The molecule has 1 amide bonds. The molecule has 0 atom stereocenters. The van der Waals surface area contributed by atoms with Crippen molar-refractivity contribution in [3.63, 3.8) is 0 Å². The molecule has 0 aliphatic carbocycles. The summed E-state index contributed by atoms with van der Waals surface area (Å²) in [5.41, 5.74) is -1.60. The summed E-state index contributed by atoms with van der Waals surface area (Å²) in [7, 11) is 0. The van der Waals surface area contributed by atoms with Gasteiger partial charge >= 0.3 is 6.18 Å². The van der Waals surface area contributed by atoms with E-state index in [1.54, 1.807) is 4.90 Å². The molecule has 0 bridgehead atoms. The summed E-state index contributed by atoms with van der Waals surface area (Å²) in [5, 5.41) is 13.1. The second kappa shape index (κ2) is 8.26. The summed E-state index contributed by atoms with van der Waals surface area (Å²) >= 11 is 5.91. The van der Waals surface area contributed by atoms with Crippen LogP contribution in [0.1, 0.15) is 15.9 Å². The lowest BCUT2D eigenvalue weighted by atomic mass is 10.1. The Balaban J connectivity index is 1.91. The SMILES string of the molecule is O=C(Nc1ccc(N2CCOCC2)c(C(F)(F)F)c1)c1cc([N+](=O)[O-])ccc1Cl. The van der Waals surface area contributed by atoms with E-state index in [-0.39, 0.29) is 27.6 Å². The highest BCUT2D eigenvalue weighted by atomic mass is 35.5. The Morgan fingerprint density at radius 2 is 1.86 bits per heavy atom. The van der Waals surface area contributed by atoms with E-state index in [2.05, 4.69) is 5.32 Å². The van der Waals surface area contributed by atoms with Gasteiger partial charge in [-0.05, 0) is 24.3 Å². The summed E-state index contributed by atoms with van der Waals surface area (Å²) in [4.78, 5) is 24.2. The van der Waals surface area contributed by atoms with Gasteiger partial charge in [0.1, 0.15) is 0 Å². The van der Waals surface area contributed by atoms with Crippen molar-refractivity contribution < 1.29 is 27.6 Å². The van der Waals surface area contributed by atoms with Crippen LogP contribution in [-0.4, -0.2) is 37.1 Å². The van der Waals surface area contributed by atoms with Crippen LogP contribution in [0.3, 0.4) is 0 Å². The molecular weight excluding hydrogens is 415 g/mol. The Kier molecular flexibility index (Phi) is 5.94. The van der Waals surface area contributed by atoms with Crippen molar-refractivity contribution in [2.24, 2.45) is 0 Å². The zero-order valence-corrected chi connectivity index (χ0v) is 15.6. The van der Waals surface area contributed by atoms with Crippen LogP contribution in [0.2, 0.25) is 5.02 Å². The van der Waals surface area contributed by atoms with Gasteiger partial charge < -0.3 is 15.0 Å². The highest BCUT2D eigenvalue weighted by Crippen LogP contribution is 2.38. The minimum absolute atomic E-state index is 0.00724. The van der Waals surface area contributed by atoms with Crippen molar-refractivity contribution >= 4 is 34.6 Å². The second-order valence-electron chi connectivity index (χ2n) is 6.20. The van der Waals surface area contributed by atoms with E-state index in [4.69, 9.17) is 16.3 Å². The number of nitro benzene ring substituents is 1. The normalized spacial score (nSPS) is 14.6. The molecule has 0 aromatic heterocycles. The van der Waals surface area contributed by atoms with Gasteiger partial charge in [0, 0.05) is 36.6 Å². The van der Waals surface area contributed by atoms with E-state index in [1.165, 1.54) is 18.2 Å². The number of amides is 1. The summed E-state index contributed by atoms with van der Waals surface area (Å²) < 4.78 is 45.9. The fourth-order valence-electron chi connectivity index (χ4n) is 2.92. The van der Waals surface area contributed by atoms with Gasteiger partial charge in [-0.15, -0.1) is 0 Å². The number of hydrogen-bond donors (Lipinski definition) is 1. The molecule has 0 radical (unpaired) electrons. The average Bonchev–Trinajstić information content (AvgIpc) is 2.68. The predicted octanol–water partition coefficient (Wildman–Crippen LogP) is 4.36. The van der Waals surface area contributed by atoms with Crippen LogP contribution in [0.25, 0.3) is 0 Å². The van der Waals surface area contributed by atoms with Crippen LogP contribution >= 0.6 is 11.6 Å². The van der Waals surface area contributed by atoms with Crippen molar-refractivity contribution in [3.05, 3.63) is 62.7 Å². The molecule has 29 heavy (non-hydrogen) atoms. The van der Waals surface area contributed by atoms with Gasteiger partial charge in [-0.3, -0.25) is 14.9 Å². The summed E-state index contributed by atoms with van der Waals surface area (Å²) in [6.07, 6.45) is -4.64. The zero-order valence-electron chi connectivity index (χ0n) is 14.8. The van der Waals surface area contributed by atoms with Gasteiger partial charge in [0.2, 0.25) is 0 Å². The monoisotopic (exact) mass is 429 g/mol. The molecule has 2 aromatic rings. The number of rotatable bonds is 4. The fourth-order valence-corrected chi connectivity index (χ4v) is 3.12. The van der Waals surface area contributed by atoms with E-state index in [0.29, 0.717) is 26.3 Å². The van der Waals surface area contributed by atoms with Gasteiger partial charge in [-0.25, -0.2) is 0 Å². The number of ether oxygens (including phenoxy) is 1. The number of hydrogen-bond acceptors (Lipinski definition) is 5. The molecule has 7 nitrogen and oxygen atoms in total. The summed E-state index contributed by atoms with van der Waals surface area (Å²) in [6.45, 7) is 1.28. The molecule has 11 heteroatoms. The molecule has 1 aliphatic rings. The van der Waals surface area contributed by atoms with Gasteiger partial charge in [0.25, 0.3) is 11.6 Å². The third-order valence-electron chi connectivity index (χ3n) is 4.32. The average molecular weight is 430 g/mol. The fraction of sp³-hybridized carbons (Fsp3) is 0.278. The molecule has 1 saturated heterocycles. The third-order valence-corrected chi connectivity index (χ3v) is 4.65. The lowest BCUT2D eigenvalue weighted by Gasteiger charge is -2.31. The summed E-state index contributed by atoms with van der Waals surface area (Å²) in [6, 6.07) is 6.70. The molecule has 1 N–H and O–H groups in total. The first-order valence-electron chi connectivity index (χ1n) is 8.46. The molecule has 1 fully saturated rings. The number of alkyl halides is 3. The molecule has 1 heterocycles. The van der Waals surface area contributed by atoms with E-state index in [0.717, 1.165) is 18.2 Å². The number of nitro groups is 1. The quantitative estimate of drug-likeness (QED) is 0.576. The standard InChI is InChI=1S/C18H15ClF3N3O4/c19-15-3-2-12(25(27)28)10-13(15)17(26)23-11-1-4-16(14(9-11)18(20,21)22)24-5-7-29-8-6-24/h1-4,9-10H,5-8H2,(H,23,26). The van der Waals surface area contributed by atoms with Crippen LogP contribution < -0.4 is 10.2 Å². The van der Waals surface area contributed by atoms with Crippen LogP contribution in [-0.2, 0) is 10.9 Å². The number of carbonyl (C=O) groups is 1. The molecule has 3 rings (SSSR count). The van der Waals surface area contributed by atoms with E-state index in [9.17, 15) is 28.1 Å². The van der Waals surface area contributed by atoms with E-state index >= 15 is 0 Å². The number of non-ortho nitro benzene ring substituents is 1. The first-order chi connectivity index (χ1) is 13.7. The number of morpholine rings is 1. The zero-order chi connectivity index (χ0) is 21.2. The van der Waals surface area contributed by atoms with Crippen molar-refractivity contribution in [3.8, 4) is 0 Å². The summed E-state index contributed by atoms with van der Waals surface area (Å²) in [5.74, 6) is -0.856. The molecule has 0 unspecified atom stereocenters. The smallest absolute Gasteiger partial charge is 0.378 e. The second-order valence-corrected chi connectivity index (χ2v) is 6.61. The molecule has 1 aliphatic heterocycles. The van der Waals surface area contributed by atoms with Gasteiger partial charge in [-0.2, -0.15) is 13.2 Å². The first kappa shape index (κ1) is 20.9. The van der Waals surface area contributed by atoms with Crippen molar-refractivity contribution in [2.75, 3.05) is 36.5 Å². The van der Waals surface area contributed by atoms with Crippen molar-refractivity contribution in [1.82, 2.24) is 0 Å². The molecular formula is C18H15ClF3N3O4. The van der Waals surface area contributed by atoms with E-state index in [1.807, 2.05) is 0 Å². The lowest BCUT2D eigenvalue weighted by Crippen LogP contribution is -2.37. The Hall–Kier alpha value is -2.85. The number of nitrogens with zero attached hydrogens (tertiary/aromatic N) is 2. The Morgan fingerprint density at radius 1 is 1.17 bits per heavy atom. The maximum atomic E-state index is 13.6. The Morgan fingerprint density at radius 3 is 2.48 bits per heavy atom. The number of anilines is 2. The van der Waals surface area contributed by atoms with Crippen LogP contribution in [0.15, 0.2) is 36.4 Å². The third kappa shape index (κ3) is 4.77. The highest BCUT2D eigenvalue weighted by molar-refractivity contribution is 6.34.